The second-order valence-electron chi connectivity index (χ2n) is 37.4. The highest BCUT2D eigenvalue weighted by molar-refractivity contribution is 7.34. The standard InChI is InChI=1S/C101H152F2N2O2S7Si2/c1-19-34-42-44-52-72(50-40-25-7)62-106-92-74-56-76(108-94(74)93(75-57-84(112-95(75)92)100(16,17)54-27-9)107-63-73(51-41-26-8)53-45-43-35-20-2)77-58-80-96(109-77)97-81(115(80,64-68(29-11)46-36-21-3)65-69(30-12)47-37-22-4)59-78(110-97)86-88(102)89(103)87(91-90(86)104-114-105-91)79-60-82-98(111-79)99-83(61-85(113-99)101(18,33-15)55-28-10)116(82,66-70(31-13)48-38-23-5)67-71(32-14)49-39-24-6/h56-61,68-73H,19-55,62-67H2,1-18H3. The number of benzene rings is 2. The van der Waals surface area contributed by atoms with Gasteiger partial charge in [-0.2, -0.15) is 8.75 Å². The fraction of sp³-hybridized carbons (Fsp3) is 0.683. The van der Waals surface area contributed by atoms with E-state index >= 15 is 8.78 Å². The summed E-state index contributed by atoms with van der Waals surface area (Å²) < 4.78 is 65.9. The summed E-state index contributed by atoms with van der Waals surface area (Å²) in [6, 6.07) is 20.2. The van der Waals surface area contributed by atoms with Crippen molar-refractivity contribution in [2.45, 2.75) is 397 Å². The molecule has 0 saturated carbocycles. The zero-order valence-electron chi connectivity index (χ0n) is 75.7. The first-order valence-corrected chi connectivity index (χ1v) is 58.2. The van der Waals surface area contributed by atoms with Crippen molar-refractivity contribution in [3.05, 3.63) is 57.8 Å². The van der Waals surface area contributed by atoms with Crippen LogP contribution in [0.15, 0.2) is 36.4 Å². The van der Waals surface area contributed by atoms with Gasteiger partial charge in [0, 0.05) is 65.0 Å². The van der Waals surface area contributed by atoms with Gasteiger partial charge in [-0.1, -0.05) is 317 Å². The van der Waals surface area contributed by atoms with E-state index in [1.54, 1.807) is 33.0 Å². The number of fused-ring (bicyclic) bond motifs is 9. The molecule has 0 radical (unpaired) electrons. The van der Waals surface area contributed by atoms with Gasteiger partial charge in [0.1, 0.15) is 38.7 Å². The van der Waals surface area contributed by atoms with Crippen molar-refractivity contribution >= 4 is 148 Å². The number of halogens is 2. The normalized spacial score (nSPS) is 17.5. The molecular weight excluding hydrogens is 1590 g/mol. The first-order chi connectivity index (χ1) is 56.2. The van der Waals surface area contributed by atoms with Crippen LogP contribution in [0.25, 0.3) is 81.3 Å². The number of aromatic nitrogens is 2. The molecule has 0 spiro atoms. The van der Waals surface area contributed by atoms with E-state index in [2.05, 4.69) is 172 Å². The van der Waals surface area contributed by atoms with Crippen LogP contribution in [-0.2, 0) is 10.8 Å². The Kier molecular flexibility index (Phi) is 35.5. The van der Waals surface area contributed by atoms with Gasteiger partial charge in [-0.05, 0) is 167 Å². The van der Waals surface area contributed by atoms with E-state index in [-0.39, 0.29) is 10.8 Å². The highest BCUT2D eigenvalue weighted by Gasteiger charge is 2.53. The van der Waals surface area contributed by atoms with E-state index in [9.17, 15) is 0 Å². The number of unbranched alkanes of at least 4 members (excludes halogenated alkanes) is 12. The van der Waals surface area contributed by atoms with Gasteiger partial charge in [0.05, 0.1) is 45.5 Å². The Morgan fingerprint density at radius 1 is 0.353 bits per heavy atom. The van der Waals surface area contributed by atoms with Crippen molar-refractivity contribution in [2.75, 3.05) is 13.2 Å². The molecule has 642 valence electrons. The first kappa shape index (κ1) is 93.6. The Bertz CT molecular complexity index is 4420. The zero-order chi connectivity index (χ0) is 82.9. The van der Waals surface area contributed by atoms with Crippen LogP contribution in [0.2, 0.25) is 24.2 Å². The Hall–Kier alpha value is -3.13. The van der Waals surface area contributed by atoms with Gasteiger partial charge in [0.2, 0.25) is 0 Å². The molecule has 0 aliphatic carbocycles. The number of ether oxygens (including phenoxy) is 2. The number of thiophene rings is 6. The third kappa shape index (κ3) is 20.4. The van der Waals surface area contributed by atoms with Crippen LogP contribution >= 0.6 is 79.7 Å². The van der Waals surface area contributed by atoms with Crippen LogP contribution in [0.3, 0.4) is 0 Å². The molecule has 2 aliphatic rings. The number of hydrogen-bond donors (Lipinski definition) is 0. The van der Waals surface area contributed by atoms with Gasteiger partial charge in [-0.3, -0.25) is 0 Å². The van der Waals surface area contributed by atoms with Crippen molar-refractivity contribution in [1.82, 2.24) is 8.75 Å². The molecule has 0 amide bonds. The van der Waals surface area contributed by atoms with Crippen molar-refractivity contribution < 1.29 is 18.3 Å². The lowest BCUT2D eigenvalue weighted by Gasteiger charge is -2.36. The molecule has 0 saturated heterocycles. The average Bonchev–Trinajstić information content (AvgIpc) is 1.54. The van der Waals surface area contributed by atoms with Crippen LogP contribution in [0.4, 0.5) is 8.78 Å². The first-order valence-electron chi connectivity index (χ1n) is 47.8. The van der Waals surface area contributed by atoms with Crippen molar-refractivity contribution in [3.63, 3.8) is 0 Å². The maximum absolute atomic E-state index is 19.0. The predicted molar refractivity (Wildman–Crippen MR) is 524 cm³/mol. The lowest BCUT2D eigenvalue weighted by Crippen LogP contribution is -2.57. The maximum Gasteiger partial charge on any atom is 0.170 e. The molecule has 9 heterocycles. The number of rotatable bonds is 56. The number of nitrogens with zero attached hydrogens (tertiary/aromatic N) is 2. The van der Waals surface area contributed by atoms with Gasteiger partial charge in [-0.25, -0.2) is 8.78 Å². The Labute approximate surface area is 733 Å². The molecule has 0 bridgehead atoms. The second kappa shape index (κ2) is 44.0. The largest absolute Gasteiger partial charge is 0.491 e. The molecule has 0 N–H and O–H groups in total. The summed E-state index contributed by atoms with van der Waals surface area (Å²) in [4.78, 5) is 12.7. The molecule has 11 rings (SSSR count). The third-order valence-corrected chi connectivity index (χ3v) is 48.4. The van der Waals surface area contributed by atoms with Crippen LogP contribution in [0.1, 0.15) is 372 Å². The molecule has 4 nitrogen and oxygen atoms in total. The minimum atomic E-state index is -2.71. The van der Waals surface area contributed by atoms with Crippen LogP contribution in [0.5, 0.6) is 11.5 Å². The summed E-state index contributed by atoms with van der Waals surface area (Å²) in [5, 5.41) is 8.66. The lowest BCUT2D eigenvalue weighted by molar-refractivity contribution is 0.226. The van der Waals surface area contributed by atoms with Crippen LogP contribution in [-0.4, -0.2) is 38.1 Å². The van der Waals surface area contributed by atoms with Crippen LogP contribution < -0.4 is 30.2 Å². The SMILES string of the molecule is CCCCCCC(CCCC)COc1c2cc(C(C)(C)CCC)sc2c(OCC(CCCC)CCCCCC)c2cc(-c3cc4c(s3)-c3sc(-c5c(F)c(F)c(-c6cc7c(s6)-c6sc(C(C)(CC)CCC)cc6[Si]7(CC(CC)CCCC)CC(CC)CCCC)c6nsnc56)cc3[Si]4(CC(CC)CCCC)CC(CC)CCCC)sc12. The zero-order valence-corrected chi connectivity index (χ0v) is 83.4. The lowest BCUT2D eigenvalue weighted by atomic mass is 9.81. The third-order valence-electron chi connectivity index (χ3n) is 28.3. The summed E-state index contributed by atoms with van der Waals surface area (Å²) in [5.74, 6) is 3.92. The minimum Gasteiger partial charge on any atom is -0.491 e. The molecule has 7 aromatic heterocycles. The molecule has 2 aliphatic heterocycles. The van der Waals surface area contributed by atoms with Gasteiger partial charge in [0.15, 0.2) is 11.6 Å². The second-order valence-corrected chi connectivity index (χ2v) is 52.4. The monoisotopic (exact) mass is 1740 g/mol. The summed E-state index contributed by atoms with van der Waals surface area (Å²) in [7, 11) is -5.21. The molecule has 7 atom stereocenters. The highest BCUT2D eigenvalue weighted by atomic mass is 32.1. The maximum atomic E-state index is 19.0. The van der Waals surface area contributed by atoms with Gasteiger partial charge in [0.25, 0.3) is 0 Å². The van der Waals surface area contributed by atoms with Crippen molar-refractivity contribution in [3.8, 4) is 61.6 Å². The summed E-state index contributed by atoms with van der Waals surface area (Å²) in [5.41, 5.74) is 1.76. The smallest absolute Gasteiger partial charge is 0.170 e. The summed E-state index contributed by atoms with van der Waals surface area (Å²) >= 11 is 12.6. The van der Waals surface area contributed by atoms with Crippen molar-refractivity contribution in [1.29, 1.82) is 0 Å². The Balaban J connectivity index is 1.12. The summed E-state index contributed by atoms with van der Waals surface area (Å²) in [6.07, 6.45) is 44.6. The molecular formula is C101H152F2N2O2S7Si2. The predicted octanol–water partition coefficient (Wildman–Crippen LogP) is 34.5. The fourth-order valence-corrected chi connectivity index (χ4v) is 45.0. The van der Waals surface area contributed by atoms with Crippen LogP contribution in [0, 0.1) is 47.1 Å². The Morgan fingerprint density at radius 3 is 1.10 bits per heavy atom. The van der Waals surface area contributed by atoms with E-state index < -0.39 is 27.8 Å². The van der Waals surface area contributed by atoms with Gasteiger partial charge in [-0.15, -0.1) is 68.0 Å². The van der Waals surface area contributed by atoms with E-state index in [4.69, 9.17) is 18.2 Å². The molecule has 0 fully saturated rings. The summed E-state index contributed by atoms with van der Waals surface area (Å²) in [6.45, 7) is 44.5. The molecule has 2 aromatic carbocycles. The van der Waals surface area contributed by atoms with E-state index in [1.165, 1.54) is 286 Å². The molecule has 15 heteroatoms. The van der Waals surface area contributed by atoms with Gasteiger partial charge >= 0.3 is 0 Å². The highest BCUT2D eigenvalue weighted by Crippen LogP contribution is 2.58. The average molecular weight is 1740 g/mol. The molecule has 7 unspecified atom stereocenters. The quantitative estimate of drug-likeness (QED) is 0.0281. The number of hydrogen-bond acceptors (Lipinski definition) is 11. The topological polar surface area (TPSA) is 44.2 Å². The minimum absolute atomic E-state index is 0.00233. The van der Waals surface area contributed by atoms with E-state index in [1.807, 2.05) is 34.0 Å². The van der Waals surface area contributed by atoms with E-state index in [0.717, 1.165) is 91.1 Å². The van der Waals surface area contributed by atoms with Gasteiger partial charge < -0.3 is 9.47 Å². The molecule has 116 heavy (non-hydrogen) atoms. The Morgan fingerprint density at radius 2 is 0.707 bits per heavy atom. The van der Waals surface area contributed by atoms with E-state index in [0.29, 0.717) is 57.7 Å². The molecule has 9 aromatic rings. The fourth-order valence-electron chi connectivity index (χ4n) is 20.7. The van der Waals surface area contributed by atoms with Crippen molar-refractivity contribution in [2.24, 2.45) is 35.5 Å².